The molecule has 3 nitrogen and oxygen atoms in total. The molecule has 0 spiro atoms. The summed E-state index contributed by atoms with van der Waals surface area (Å²) >= 11 is 0. The molecule has 1 atom stereocenters. The van der Waals surface area contributed by atoms with Crippen molar-refractivity contribution in [2.45, 2.75) is 46.0 Å². The van der Waals surface area contributed by atoms with Crippen molar-refractivity contribution in [2.75, 3.05) is 40.3 Å². The maximum atomic E-state index is 12.5. The second kappa shape index (κ2) is 6.57. The first-order valence-corrected chi connectivity index (χ1v) is 8.30. The van der Waals surface area contributed by atoms with Crippen LogP contribution < -0.4 is 0 Å². The SMILES string of the molecule is CN1CCC(CN(C)CC2CCCC(C)(C)C2=O)CC1. The second-order valence-electron chi connectivity index (χ2n) is 7.81. The molecule has 2 fully saturated rings. The highest BCUT2D eigenvalue weighted by Crippen LogP contribution is 2.35. The molecule has 1 heterocycles. The Morgan fingerprint density at radius 1 is 1.20 bits per heavy atom. The van der Waals surface area contributed by atoms with E-state index in [0.717, 1.165) is 31.8 Å². The first-order chi connectivity index (χ1) is 9.38. The topological polar surface area (TPSA) is 23.6 Å². The molecule has 1 saturated carbocycles. The monoisotopic (exact) mass is 280 g/mol. The number of likely N-dealkylation sites (tertiary alicyclic amines) is 1. The normalized spacial score (nSPS) is 29.1. The van der Waals surface area contributed by atoms with Gasteiger partial charge in [0.05, 0.1) is 0 Å². The van der Waals surface area contributed by atoms with Gasteiger partial charge in [0, 0.05) is 24.4 Å². The molecule has 0 bridgehead atoms. The number of carbonyl (C=O) groups is 1. The molecule has 0 aromatic rings. The molecule has 1 saturated heterocycles. The number of hydrogen-bond donors (Lipinski definition) is 0. The Morgan fingerprint density at radius 3 is 2.50 bits per heavy atom. The number of hydrogen-bond acceptors (Lipinski definition) is 3. The number of nitrogens with zero attached hydrogens (tertiary/aromatic N) is 2. The van der Waals surface area contributed by atoms with Crippen molar-refractivity contribution in [3.8, 4) is 0 Å². The second-order valence-corrected chi connectivity index (χ2v) is 7.81. The molecular formula is C17H32N2O. The minimum Gasteiger partial charge on any atom is -0.306 e. The van der Waals surface area contributed by atoms with Gasteiger partial charge in [-0.05, 0) is 58.8 Å². The third-order valence-corrected chi connectivity index (χ3v) is 5.33. The maximum Gasteiger partial charge on any atom is 0.142 e. The van der Waals surface area contributed by atoms with Gasteiger partial charge in [0.25, 0.3) is 0 Å². The predicted molar refractivity (Wildman–Crippen MR) is 83.8 cm³/mol. The van der Waals surface area contributed by atoms with Crippen LogP contribution in [0.2, 0.25) is 0 Å². The summed E-state index contributed by atoms with van der Waals surface area (Å²) in [6.45, 7) is 8.84. The summed E-state index contributed by atoms with van der Waals surface area (Å²) in [5, 5.41) is 0. The van der Waals surface area contributed by atoms with Crippen LogP contribution >= 0.6 is 0 Å². The molecule has 0 aromatic carbocycles. The molecule has 0 amide bonds. The molecule has 1 unspecified atom stereocenters. The first-order valence-electron chi connectivity index (χ1n) is 8.30. The van der Waals surface area contributed by atoms with E-state index in [4.69, 9.17) is 0 Å². The number of piperidine rings is 1. The maximum absolute atomic E-state index is 12.5. The van der Waals surface area contributed by atoms with Crippen LogP contribution in [0.5, 0.6) is 0 Å². The lowest BCUT2D eigenvalue weighted by atomic mass is 9.71. The number of ketones is 1. The summed E-state index contributed by atoms with van der Waals surface area (Å²) in [4.78, 5) is 17.3. The Labute approximate surface area is 124 Å². The largest absolute Gasteiger partial charge is 0.306 e. The molecule has 2 rings (SSSR count). The molecule has 3 heteroatoms. The Balaban J connectivity index is 1.79. The minimum atomic E-state index is -0.0860. The fourth-order valence-corrected chi connectivity index (χ4v) is 3.91. The van der Waals surface area contributed by atoms with Gasteiger partial charge in [0.2, 0.25) is 0 Å². The van der Waals surface area contributed by atoms with E-state index in [0.29, 0.717) is 5.78 Å². The summed E-state index contributed by atoms with van der Waals surface area (Å²) in [7, 11) is 4.41. The van der Waals surface area contributed by atoms with Gasteiger partial charge in [-0.25, -0.2) is 0 Å². The van der Waals surface area contributed by atoms with E-state index < -0.39 is 0 Å². The van der Waals surface area contributed by atoms with Gasteiger partial charge in [-0.3, -0.25) is 4.79 Å². The van der Waals surface area contributed by atoms with Gasteiger partial charge in [-0.15, -0.1) is 0 Å². The first kappa shape index (κ1) is 16.0. The Bertz CT molecular complexity index is 332. The van der Waals surface area contributed by atoms with Crippen molar-refractivity contribution in [3.63, 3.8) is 0 Å². The standard InChI is InChI=1S/C17H32N2O/c1-17(2)9-5-6-15(16(17)20)13-19(4)12-14-7-10-18(3)11-8-14/h14-15H,5-13H2,1-4H3. The molecule has 0 radical (unpaired) electrons. The lowest BCUT2D eigenvalue weighted by Gasteiger charge is -2.37. The lowest BCUT2D eigenvalue weighted by molar-refractivity contribution is -0.134. The van der Waals surface area contributed by atoms with E-state index in [1.165, 1.54) is 32.4 Å². The fourth-order valence-electron chi connectivity index (χ4n) is 3.91. The number of carbonyl (C=O) groups excluding carboxylic acids is 1. The van der Waals surface area contributed by atoms with Crippen molar-refractivity contribution in [2.24, 2.45) is 17.3 Å². The van der Waals surface area contributed by atoms with Gasteiger partial charge in [-0.2, -0.15) is 0 Å². The van der Waals surface area contributed by atoms with Crippen LogP contribution in [-0.4, -0.2) is 55.9 Å². The summed E-state index contributed by atoms with van der Waals surface area (Å²) in [5.41, 5.74) is -0.0860. The van der Waals surface area contributed by atoms with Gasteiger partial charge >= 0.3 is 0 Å². The summed E-state index contributed by atoms with van der Waals surface area (Å²) in [5.74, 6) is 1.59. The van der Waals surface area contributed by atoms with Gasteiger partial charge in [0.15, 0.2) is 0 Å². The zero-order chi connectivity index (χ0) is 14.8. The molecular weight excluding hydrogens is 248 g/mol. The van der Waals surface area contributed by atoms with Crippen LogP contribution in [0.3, 0.4) is 0 Å². The van der Waals surface area contributed by atoms with Crippen LogP contribution in [0.15, 0.2) is 0 Å². The van der Waals surface area contributed by atoms with Gasteiger partial charge in [-0.1, -0.05) is 20.3 Å². The van der Waals surface area contributed by atoms with E-state index in [-0.39, 0.29) is 11.3 Å². The van der Waals surface area contributed by atoms with Crippen molar-refractivity contribution in [1.29, 1.82) is 0 Å². The lowest BCUT2D eigenvalue weighted by Crippen LogP contribution is -2.42. The smallest absolute Gasteiger partial charge is 0.142 e. The zero-order valence-corrected chi connectivity index (χ0v) is 13.8. The highest BCUT2D eigenvalue weighted by atomic mass is 16.1. The highest BCUT2D eigenvalue weighted by molar-refractivity contribution is 5.87. The predicted octanol–water partition coefficient (Wildman–Crippen LogP) is 2.66. The molecule has 2 aliphatic rings. The highest BCUT2D eigenvalue weighted by Gasteiger charge is 2.37. The van der Waals surface area contributed by atoms with Gasteiger partial charge < -0.3 is 9.80 Å². The number of rotatable bonds is 4. The van der Waals surface area contributed by atoms with Crippen molar-refractivity contribution < 1.29 is 4.79 Å². The number of Topliss-reactive ketones (excluding diaryl/α,β-unsaturated/α-hetero) is 1. The quantitative estimate of drug-likeness (QED) is 0.791. The molecule has 0 N–H and O–H groups in total. The third kappa shape index (κ3) is 4.05. The van der Waals surface area contributed by atoms with Crippen LogP contribution in [-0.2, 0) is 4.79 Å². The van der Waals surface area contributed by atoms with Crippen LogP contribution in [0.1, 0.15) is 46.0 Å². The summed E-state index contributed by atoms with van der Waals surface area (Å²) in [6.07, 6.45) is 6.00. The Morgan fingerprint density at radius 2 is 1.85 bits per heavy atom. The zero-order valence-electron chi connectivity index (χ0n) is 13.8. The Hall–Kier alpha value is -0.410. The molecule has 1 aliphatic carbocycles. The van der Waals surface area contributed by atoms with Gasteiger partial charge in [0.1, 0.15) is 5.78 Å². The average molecular weight is 280 g/mol. The van der Waals surface area contributed by atoms with Crippen LogP contribution in [0.4, 0.5) is 0 Å². The van der Waals surface area contributed by atoms with E-state index in [1.807, 2.05) is 0 Å². The van der Waals surface area contributed by atoms with Crippen LogP contribution in [0.25, 0.3) is 0 Å². The molecule has 20 heavy (non-hydrogen) atoms. The van der Waals surface area contributed by atoms with Crippen molar-refractivity contribution in [3.05, 3.63) is 0 Å². The van der Waals surface area contributed by atoms with E-state index >= 15 is 0 Å². The average Bonchev–Trinajstić information content (AvgIpc) is 2.38. The van der Waals surface area contributed by atoms with Crippen LogP contribution in [0, 0.1) is 17.3 Å². The minimum absolute atomic E-state index is 0.0860. The Kier molecular flexibility index (Phi) is 5.25. The van der Waals surface area contributed by atoms with E-state index in [2.05, 4.69) is 37.7 Å². The molecule has 1 aliphatic heterocycles. The summed E-state index contributed by atoms with van der Waals surface area (Å²) in [6, 6.07) is 0. The molecule has 0 aromatic heterocycles. The molecule has 116 valence electrons. The van der Waals surface area contributed by atoms with Crippen molar-refractivity contribution in [1.82, 2.24) is 9.80 Å². The van der Waals surface area contributed by atoms with Crippen molar-refractivity contribution >= 4 is 5.78 Å². The van der Waals surface area contributed by atoms with E-state index in [9.17, 15) is 4.79 Å². The third-order valence-electron chi connectivity index (χ3n) is 5.33. The van der Waals surface area contributed by atoms with E-state index in [1.54, 1.807) is 0 Å². The fraction of sp³-hybridized carbons (Fsp3) is 0.941. The summed E-state index contributed by atoms with van der Waals surface area (Å²) < 4.78 is 0.